The van der Waals surface area contributed by atoms with Crippen LogP contribution in [0.3, 0.4) is 0 Å². The maximum Gasteiger partial charge on any atom is 0.127 e. The van der Waals surface area contributed by atoms with Crippen molar-refractivity contribution in [3.8, 4) is 0 Å². The van der Waals surface area contributed by atoms with Gasteiger partial charge in [0, 0.05) is 28.7 Å². The first kappa shape index (κ1) is 14.5. The standard InChI is InChI=1S/C16H22BrFN2/c1-20-14-3-4-15(20)7-11(6-14)9-19-10-12-8-13(17)2-5-16(12)18/h2,5,8,11,14-15,19H,3-4,6-7,9-10H2,1H3. The van der Waals surface area contributed by atoms with Crippen molar-refractivity contribution in [2.45, 2.75) is 44.3 Å². The van der Waals surface area contributed by atoms with Gasteiger partial charge in [0.05, 0.1) is 0 Å². The van der Waals surface area contributed by atoms with E-state index < -0.39 is 0 Å². The quantitative estimate of drug-likeness (QED) is 0.901. The highest BCUT2D eigenvalue weighted by Crippen LogP contribution is 2.37. The average molecular weight is 341 g/mol. The van der Waals surface area contributed by atoms with Crippen LogP contribution < -0.4 is 5.32 Å². The van der Waals surface area contributed by atoms with E-state index in [-0.39, 0.29) is 5.82 Å². The summed E-state index contributed by atoms with van der Waals surface area (Å²) < 4.78 is 14.6. The van der Waals surface area contributed by atoms with Crippen LogP contribution in [0.4, 0.5) is 4.39 Å². The maximum absolute atomic E-state index is 13.7. The topological polar surface area (TPSA) is 15.3 Å². The molecule has 2 saturated heterocycles. The minimum absolute atomic E-state index is 0.121. The summed E-state index contributed by atoms with van der Waals surface area (Å²) in [6, 6.07) is 6.69. The van der Waals surface area contributed by atoms with Gasteiger partial charge >= 0.3 is 0 Å². The highest BCUT2D eigenvalue weighted by atomic mass is 79.9. The number of hydrogen-bond donors (Lipinski definition) is 1. The van der Waals surface area contributed by atoms with E-state index in [1.54, 1.807) is 6.07 Å². The molecule has 2 unspecified atom stereocenters. The Kier molecular flexibility index (Phi) is 4.43. The summed E-state index contributed by atoms with van der Waals surface area (Å²) >= 11 is 3.40. The molecule has 2 nitrogen and oxygen atoms in total. The molecule has 0 amide bonds. The van der Waals surface area contributed by atoms with Crippen molar-refractivity contribution in [2.24, 2.45) is 5.92 Å². The Bertz CT molecular complexity index is 466. The molecule has 0 aromatic heterocycles. The van der Waals surface area contributed by atoms with Crippen molar-refractivity contribution < 1.29 is 4.39 Å². The zero-order valence-corrected chi connectivity index (χ0v) is 13.5. The molecule has 3 rings (SSSR count). The summed E-state index contributed by atoms with van der Waals surface area (Å²) in [5, 5.41) is 3.44. The molecule has 2 bridgehead atoms. The molecule has 0 aliphatic carbocycles. The maximum atomic E-state index is 13.7. The Morgan fingerprint density at radius 1 is 1.30 bits per heavy atom. The second-order valence-corrected chi connectivity index (χ2v) is 7.17. The van der Waals surface area contributed by atoms with Gasteiger partial charge in [0.1, 0.15) is 5.82 Å². The molecule has 110 valence electrons. The molecule has 2 aliphatic rings. The fraction of sp³-hybridized carbons (Fsp3) is 0.625. The number of benzene rings is 1. The first-order chi connectivity index (χ1) is 9.63. The van der Waals surface area contributed by atoms with Gasteiger partial charge in [-0.3, -0.25) is 0 Å². The van der Waals surface area contributed by atoms with Gasteiger partial charge in [0.15, 0.2) is 0 Å². The third-order valence-electron chi connectivity index (χ3n) is 4.95. The van der Waals surface area contributed by atoms with Crippen molar-refractivity contribution in [3.05, 3.63) is 34.1 Å². The van der Waals surface area contributed by atoms with Crippen molar-refractivity contribution in [1.29, 1.82) is 0 Å². The van der Waals surface area contributed by atoms with Crippen LogP contribution in [0.15, 0.2) is 22.7 Å². The molecular weight excluding hydrogens is 319 g/mol. The van der Waals surface area contributed by atoms with Gasteiger partial charge in [0.25, 0.3) is 0 Å². The van der Waals surface area contributed by atoms with Gasteiger partial charge in [0.2, 0.25) is 0 Å². The van der Waals surface area contributed by atoms with Crippen LogP contribution in [0.2, 0.25) is 0 Å². The number of fused-ring (bicyclic) bond motifs is 2. The zero-order chi connectivity index (χ0) is 14.1. The van der Waals surface area contributed by atoms with E-state index in [0.29, 0.717) is 6.54 Å². The largest absolute Gasteiger partial charge is 0.312 e. The summed E-state index contributed by atoms with van der Waals surface area (Å²) in [5.74, 6) is 0.628. The van der Waals surface area contributed by atoms with Crippen LogP contribution in [0.1, 0.15) is 31.2 Å². The third-order valence-corrected chi connectivity index (χ3v) is 5.45. The Morgan fingerprint density at radius 3 is 2.70 bits per heavy atom. The molecular formula is C16H22BrFN2. The third kappa shape index (κ3) is 3.07. The zero-order valence-electron chi connectivity index (χ0n) is 11.9. The fourth-order valence-electron chi connectivity index (χ4n) is 3.78. The second kappa shape index (κ2) is 6.12. The van der Waals surface area contributed by atoms with Gasteiger partial charge in [-0.2, -0.15) is 0 Å². The van der Waals surface area contributed by atoms with Gasteiger partial charge in [-0.1, -0.05) is 15.9 Å². The second-order valence-electron chi connectivity index (χ2n) is 6.25. The molecule has 4 heteroatoms. The molecule has 0 radical (unpaired) electrons. The highest BCUT2D eigenvalue weighted by molar-refractivity contribution is 9.10. The number of piperidine rings is 1. The Morgan fingerprint density at radius 2 is 2.00 bits per heavy atom. The van der Waals surface area contributed by atoms with Crippen molar-refractivity contribution in [2.75, 3.05) is 13.6 Å². The number of nitrogens with one attached hydrogen (secondary N) is 1. The first-order valence-corrected chi connectivity index (χ1v) is 8.29. The van der Waals surface area contributed by atoms with Crippen molar-refractivity contribution >= 4 is 15.9 Å². The normalized spacial score (nSPS) is 29.9. The first-order valence-electron chi connectivity index (χ1n) is 7.50. The fourth-order valence-corrected chi connectivity index (χ4v) is 4.19. The Labute approximate surface area is 128 Å². The SMILES string of the molecule is CN1C2CCC1CC(CNCc1cc(Br)ccc1F)C2. The molecule has 0 spiro atoms. The lowest BCUT2D eigenvalue weighted by atomic mass is 9.91. The van der Waals surface area contributed by atoms with Gasteiger partial charge in [-0.05, 0) is 63.4 Å². The monoisotopic (exact) mass is 340 g/mol. The molecule has 2 heterocycles. The molecule has 20 heavy (non-hydrogen) atoms. The minimum Gasteiger partial charge on any atom is -0.312 e. The lowest BCUT2D eigenvalue weighted by Gasteiger charge is -2.36. The van der Waals surface area contributed by atoms with E-state index in [4.69, 9.17) is 0 Å². The van der Waals surface area contributed by atoms with Crippen LogP contribution >= 0.6 is 15.9 Å². The summed E-state index contributed by atoms with van der Waals surface area (Å²) in [6.07, 6.45) is 5.30. The van der Waals surface area contributed by atoms with Crippen LogP contribution in [0, 0.1) is 11.7 Å². The van der Waals surface area contributed by atoms with E-state index >= 15 is 0 Å². The van der Waals surface area contributed by atoms with E-state index in [9.17, 15) is 4.39 Å². The van der Waals surface area contributed by atoms with Crippen LogP contribution in [-0.4, -0.2) is 30.6 Å². The molecule has 0 saturated carbocycles. The van der Waals surface area contributed by atoms with Gasteiger partial charge in [-0.15, -0.1) is 0 Å². The highest BCUT2D eigenvalue weighted by Gasteiger charge is 2.37. The summed E-state index contributed by atoms with van der Waals surface area (Å²) in [4.78, 5) is 2.56. The molecule has 2 atom stereocenters. The number of rotatable bonds is 4. The van der Waals surface area contributed by atoms with Crippen LogP contribution in [0.5, 0.6) is 0 Å². The van der Waals surface area contributed by atoms with E-state index in [1.165, 1.54) is 31.7 Å². The summed E-state index contributed by atoms with van der Waals surface area (Å²) in [7, 11) is 2.27. The van der Waals surface area contributed by atoms with Gasteiger partial charge < -0.3 is 10.2 Å². The van der Waals surface area contributed by atoms with Gasteiger partial charge in [-0.25, -0.2) is 4.39 Å². The Balaban J connectivity index is 1.50. The number of hydrogen-bond acceptors (Lipinski definition) is 2. The van der Waals surface area contributed by atoms with Crippen molar-refractivity contribution in [1.82, 2.24) is 10.2 Å². The lowest BCUT2D eigenvalue weighted by molar-refractivity contribution is 0.133. The lowest BCUT2D eigenvalue weighted by Crippen LogP contribution is -2.42. The number of nitrogens with zero attached hydrogens (tertiary/aromatic N) is 1. The predicted molar refractivity (Wildman–Crippen MR) is 83.1 cm³/mol. The molecule has 1 aromatic carbocycles. The minimum atomic E-state index is -0.121. The van der Waals surface area contributed by atoms with Crippen molar-refractivity contribution in [3.63, 3.8) is 0 Å². The van der Waals surface area contributed by atoms with E-state index in [1.807, 2.05) is 6.07 Å². The summed E-state index contributed by atoms with van der Waals surface area (Å²) in [6.45, 7) is 1.62. The van der Waals surface area contributed by atoms with Crippen LogP contribution in [0.25, 0.3) is 0 Å². The molecule has 2 aliphatic heterocycles. The molecule has 1 aromatic rings. The van der Waals surface area contributed by atoms with E-state index in [2.05, 4.69) is 33.2 Å². The average Bonchev–Trinajstić information content (AvgIpc) is 2.65. The smallest absolute Gasteiger partial charge is 0.127 e. The predicted octanol–water partition coefficient (Wildman–Crippen LogP) is 3.55. The number of halogens is 2. The Hall–Kier alpha value is -0.450. The molecule has 2 fully saturated rings. The van der Waals surface area contributed by atoms with E-state index in [0.717, 1.165) is 34.6 Å². The van der Waals surface area contributed by atoms with Crippen LogP contribution in [-0.2, 0) is 6.54 Å². The molecule has 1 N–H and O–H groups in total. The summed E-state index contributed by atoms with van der Waals surface area (Å²) in [5.41, 5.74) is 0.746.